The van der Waals surface area contributed by atoms with E-state index in [-0.39, 0.29) is 17.9 Å². The van der Waals surface area contributed by atoms with Crippen LogP contribution < -0.4 is 10.6 Å². The van der Waals surface area contributed by atoms with E-state index in [2.05, 4.69) is 31.6 Å². The molecule has 4 rings (SSSR count). The monoisotopic (exact) mass is 416 g/mol. The lowest BCUT2D eigenvalue weighted by molar-refractivity contribution is -0.127. The van der Waals surface area contributed by atoms with Crippen LogP contribution in [0, 0.1) is 0 Å². The van der Waals surface area contributed by atoms with Gasteiger partial charge in [-0.1, -0.05) is 6.07 Å². The van der Waals surface area contributed by atoms with Crippen molar-refractivity contribution in [3.63, 3.8) is 0 Å². The van der Waals surface area contributed by atoms with Crippen molar-refractivity contribution in [3.05, 3.63) is 34.7 Å². The number of thiophene rings is 1. The van der Waals surface area contributed by atoms with E-state index in [1.807, 2.05) is 29.1 Å². The van der Waals surface area contributed by atoms with Gasteiger partial charge in [-0.25, -0.2) is 4.68 Å². The highest BCUT2D eigenvalue weighted by Crippen LogP contribution is 2.19. The Morgan fingerprint density at radius 3 is 2.72 bits per heavy atom. The predicted molar refractivity (Wildman–Crippen MR) is 113 cm³/mol. The zero-order valence-electron chi connectivity index (χ0n) is 16.7. The fraction of sp³-hybridized carbons (Fsp3) is 0.550. The van der Waals surface area contributed by atoms with Crippen molar-refractivity contribution in [3.8, 4) is 0 Å². The molecule has 0 bridgehead atoms. The van der Waals surface area contributed by atoms with Gasteiger partial charge in [-0.3, -0.25) is 19.4 Å². The Morgan fingerprint density at radius 2 is 2.03 bits per heavy atom. The number of amides is 2. The Balaban J connectivity index is 1.22. The third-order valence-electron chi connectivity index (χ3n) is 5.49. The summed E-state index contributed by atoms with van der Waals surface area (Å²) in [6.45, 7) is 6.12. The van der Waals surface area contributed by atoms with Crippen molar-refractivity contribution in [2.75, 3.05) is 38.0 Å². The molecule has 0 radical (unpaired) electrons. The van der Waals surface area contributed by atoms with Crippen molar-refractivity contribution in [1.82, 2.24) is 24.9 Å². The number of aromatic nitrogens is 2. The fourth-order valence-electron chi connectivity index (χ4n) is 3.52. The molecule has 156 valence electrons. The number of rotatable bonds is 8. The number of anilines is 1. The summed E-state index contributed by atoms with van der Waals surface area (Å²) in [5.74, 6) is 0.802. The molecule has 8 nitrogen and oxygen atoms in total. The Hall–Kier alpha value is -2.23. The van der Waals surface area contributed by atoms with Crippen molar-refractivity contribution in [1.29, 1.82) is 0 Å². The van der Waals surface area contributed by atoms with Crippen LogP contribution in [-0.2, 0) is 16.1 Å². The molecule has 1 saturated heterocycles. The molecule has 0 aromatic carbocycles. The van der Waals surface area contributed by atoms with Crippen LogP contribution in [0.25, 0.3) is 0 Å². The van der Waals surface area contributed by atoms with Crippen LogP contribution in [0.15, 0.2) is 29.8 Å². The lowest BCUT2D eigenvalue weighted by Crippen LogP contribution is -2.55. The molecular formula is C20H28N6O2S. The molecule has 2 aromatic heterocycles. The maximum absolute atomic E-state index is 12.5. The zero-order valence-corrected chi connectivity index (χ0v) is 17.5. The number of piperazine rings is 1. The molecule has 0 spiro atoms. The molecule has 2 fully saturated rings. The minimum absolute atomic E-state index is 0.0362. The summed E-state index contributed by atoms with van der Waals surface area (Å²) in [6, 6.07) is 6.17. The van der Waals surface area contributed by atoms with Gasteiger partial charge in [0.2, 0.25) is 11.8 Å². The van der Waals surface area contributed by atoms with Crippen LogP contribution in [0.5, 0.6) is 0 Å². The molecule has 1 atom stereocenters. The molecule has 3 heterocycles. The van der Waals surface area contributed by atoms with Crippen LogP contribution in [0.3, 0.4) is 0 Å². The average molecular weight is 417 g/mol. The van der Waals surface area contributed by atoms with Gasteiger partial charge < -0.3 is 10.6 Å². The van der Waals surface area contributed by atoms with Crippen molar-refractivity contribution in [2.45, 2.75) is 38.4 Å². The van der Waals surface area contributed by atoms with Gasteiger partial charge in [0.25, 0.3) is 0 Å². The molecule has 1 aliphatic heterocycles. The van der Waals surface area contributed by atoms with Crippen molar-refractivity contribution < 1.29 is 9.59 Å². The number of hydrogen-bond donors (Lipinski definition) is 2. The molecule has 1 unspecified atom stereocenters. The summed E-state index contributed by atoms with van der Waals surface area (Å²) in [5.41, 5.74) is 0. The van der Waals surface area contributed by atoms with Crippen molar-refractivity contribution in [2.24, 2.45) is 0 Å². The van der Waals surface area contributed by atoms with Gasteiger partial charge in [0.15, 0.2) is 0 Å². The number of carbonyl (C=O) groups is 2. The van der Waals surface area contributed by atoms with E-state index in [0.717, 1.165) is 39.0 Å². The summed E-state index contributed by atoms with van der Waals surface area (Å²) in [4.78, 5) is 30.3. The van der Waals surface area contributed by atoms with Gasteiger partial charge in [0, 0.05) is 43.2 Å². The highest BCUT2D eigenvalue weighted by Gasteiger charge is 2.30. The lowest BCUT2D eigenvalue weighted by atomic mass is 10.2. The van der Waals surface area contributed by atoms with E-state index in [1.165, 1.54) is 4.88 Å². The number of carbonyl (C=O) groups excluding carboxylic acids is 2. The van der Waals surface area contributed by atoms with E-state index >= 15 is 0 Å². The number of hydrogen-bond acceptors (Lipinski definition) is 6. The molecule has 9 heteroatoms. The zero-order chi connectivity index (χ0) is 20.2. The van der Waals surface area contributed by atoms with Crippen LogP contribution in [-0.4, -0.2) is 76.2 Å². The second kappa shape index (κ2) is 9.06. The van der Waals surface area contributed by atoms with E-state index in [4.69, 9.17) is 0 Å². The summed E-state index contributed by atoms with van der Waals surface area (Å²) < 4.78 is 1.81. The maximum Gasteiger partial charge on any atom is 0.239 e. The van der Waals surface area contributed by atoms with E-state index in [1.54, 1.807) is 17.5 Å². The van der Waals surface area contributed by atoms with Crippen LogP contribution in [0.4, 0.5) is 5.82 Å². The largest absolute Gasteiger partial charge is 0.352 e. The Kier molecular flexibility index (Phi) is 6.27. The second-order valence-electron chi connectivity index (χ2n) is 7.77. The van der Waals surface area contributed by atoms with Crippen LogP contribution >= 0.6 is 11.3 Å². The van der Waals surface area contributed by atoms with Crippen LogP contribution in [0.1, 0.15) is 24.6 Å². The van der Waals surface area contributed by atoms with E-state index < -0.39 is 0 Å². The summed E-state index contributed by atoms with van der Waals surface area (Å²) >= 11 is 1.67. The van der Waals surface area contributed by atoms with E-state index in [0.29, 0.717) is 24.9 Å². The maximum atomic E-state index is 12.5. The molecule has 29 heavy (non-hydrogen) atoms. The van der Waals surface area contributed by atoms with Gasteiger partial charge in [-0.15, -0.1) is 11.3 Å². The first-order valence-corrected chi connectivity index (χ1v) is 11.1. The Morgan fingerprint density at radius 1 is 1.24 bits per heavy atom. The first-order chi connectivity index (χ1) is 14.1. The predicted octanol–water partition coefficient (Wildman–Crippen LogP) is 1.22. The molecule has 1 aliphatic carbocycles. The third-order valence-corrected chi connectivity index (χ3v) is 6.36. The minimum Gasteiger partial charge on any atom is -0.352 e. The van der Waals surface area contributed by atoms with Gasteiger partial charge in [0.05, 0.1) is 25.3 Å². The topological polar surface area (TPSA) is 82.5 Å². The van der Waals surface area contributed by atoms with Crippen molar-refractivity contribution >= 4 is 29.0 Å². The van der Waals surface area contributed by atoms with Gasteiger partial charge >= 0.3 is 0 Å². The molecule has 1 saturated carbocycles. The highest BCUT2D eigenvalue weighted by molar-refractivity contribution is 7.09. The fourth-order valence-corrected chi connectivity index (χ4v) is 4.21. The van der Waals surface area contributed by atoms with Gasteiger partial charge in [0.1, 0.15) is 5.82 Å². The first kappa shape index (κ1) is 20.1. The number of nitrogens with one attached hydrogen (secondary N) is 2. The van der Waals surface area contributed by atoms with E-state index in [9.17, 15) is 9.59 Å². The summed E-state index contributed by atoms with van der Waals surface area (Å²) in [7, 11) is 0. The minimum atomic E-state index is -0.113. The summed E-state index contributed by atoms with van der Waals surface area (Å²) in [5, 5.41) is 12.4. The standard InChI is InChI=1S/C20H28N6O2S/c1-15(20(28)22-16-4-5-16)25-10-8-24(9-11-25)14-19(27)23-18-6-7-21-26(18)13-17-3-2-12-29-17/h2-3,6-7,12,15-16H,4-5,8-11,13-14H2,1H3,(H,22,28)(H,23,27). The van der Waals surface area contributed by atoms with Gasteiger partial charge in [-0.05, 0) is 31.2 Å². The Labute approximate surface area is 174 Å². The molecule has 2 N–H and O–H groups in total. The SMILES string of the molecule is CC(C(=O)NC1CC1)N1CCN(CC(=O)Nc2ccnn2Cc2cccs2)CC1. The number of nitrogens with zero attached hydrogens (tertiary/aromatic N) is 4. The van der Waals surface area contributed by atoms with Crippen LogP contribution in [0.2, 0.25) is 0 Å². The Bertz CT molecular complexity index is 824. The normalized spacial score (nSPS) is 19.1. The highest BCUT2D eigenvalue weighted by atomic mass is 32.1. The molecule has 2 aliphatic rings. The molecular weight excluding hydrogens is 388 g/mol. The first-order valence-electron chi connectivity index (χ1n) is 10.2. The quantitative estimate of drug-likeness (QED) is 0.676. The lowest BCUT2D eigenvalue weighted by Gasteiger charge is -2.37. The van der Waals surface area contributed by atoms with Gasteiger partial charge in [-0.2, -0.15) is 5.10 Å². The molecule has 2 aromatic rings. The molecule has 2 amide bonds. The third kappa shape index (κ3) is 5.43. The smallest absolute Gasteiger partial charge is 0.239 e. The average Bonchev–Trinajstić information content (AvgIpc) is 3.19. The second-order valence-corrected chi connectivity index (χ2v) is 8.80. The summed E-state index contributed by atoms with van der Waals surface area (Å²) in [6.07, 6.45) is 3.91.